The molecule has 0 radical (unpaired) electrons. The van der Waals surface area contributed by atoms with Gasteiger partial charge in [0.05, 0.1) is 29.6 Å². The van der Waals surface area contributed by atoms with E-state index in [4.69, 9.17) is 10.5 Å². The Morgan fingerprint density at radius 2 is 1.77 bits per heavy atom. The zero-order chi connectivity index (χ0) is 25.3. The van der Waals surface area contributed by atoms with Crippen LogP contribution in [0.5, 0.6) is 5.75 Å². The van der Waals surface area contributed by atoms with Crippen molar-refractivity contribution in [3.05, 3.63) is 62.7 Å². The molecule has 0 atom stereocenters. The Hall–Kier alpha value is -2.54. The second-order valence-electron chi connectivity index (χ2n) is 7.88. The molecule has 1 aliphatic heterocycles. The normalized spacial score (nSPS) is 14.8. The van der Waals surface area contributed by atoms with Gasteiger partial charge >= 0.3 is 0 Å². The van der Waals surface area contributed by atoms with E-state index in [9.17, 15) is 18.0 Å². The van der Waals surface area contributed by atoms with Crippen LogP contribution in [0.4, 0.5) is 0 Å². The van der Waals surface area contributed by atoms with Gasteiger partial charge in [0.15, 0.2) is 0 Å². The summed E-state index contributed by atoms with van der Waals surface area (Å²) in [5, 5.41) is 0.623. The van der Waals surface area contributed by atoms with E-state index in [2.05, 4.69) is 36.8 Å². The Balaban J connectivity index is 1.53. The lowest BCUT2D eigenvalue weighted by molar-refractivity contribution is -0.131. The molecule has 35 heavy (non-hydrogen) atoms. The average Bonchev–Trinajstić information content (AvgIpc) is 2.84. The summed E-state index contributed by atoms with van der Waals surface area (Å²) in [6, 6.07) is 12.1. The summed E-state index contributed by atoms with van der Waals surface area (Å²) in [5.74, 6) is -0.738. The van der Waals surface area contributed by atoms with Gasteiger partial charge in [-0.15, -0.1) is 0 Å². The van der Waals surface area contributed by atoms with E-state index in [1.807, 2.05) is 0 Å². The van der Waals surface area contributed by atoms with Crippen LogP contribution in [0.25, 0.3) is 10.9 Å². The Bertz CT molecular complexity index is 1420. The molecule has 2 aromatic carbocycles. The first-order chi connectivity index (χ1) is 16.6. The number of fused-ring (bicyclic) bond motifs is 1. The van der Waals surface area contributed by atoms with Crippen molar-refractivity contribution in [1.82, 2.24) is 14.2 Å². The number of amides is 2. The number of halogens is 2. The van der Waals surface area contributed by atoms with Crippen LogP contribution in [0.2, 0.25) is 0 Å². The maximum absolute atomic E-state index is 13.1. The van der Waals surface area contributed by atoms with Crippen molar-refractivity contribution < 1.29 is 22.7 Å². The summed E-state index contributed by atoms with van der Waals surface area (Å²) < 4.78 is 34.2. The number of primary amides is 1. The fourth-order valence-corrected chi connectivity index (χ4v) is 6.96. The van der Waals surface area contributed by atoms with Crippen molar-refractivity contribution in [3.63, 3.8) is 0 Å². The van der Waals surface area contributed by atoms with Gasteiger partial charge in [-0.1, -0.05) is 28.1 Å². The second kappa shape index (κ2) is 10.2. The average molecular weight is 626 g/mol. The number of piperazine rings is 1. The van der Waals surface area contributed by atoms with E-state index in [0.717, 1.165) is 0 Å². The summed E-state index contributed by atoms with van der Waals surface area (Å²) >= 11 is 6.62. The maximum atomic E-state index is 13.1. The smallest absolute Gasteiger partial charge is 0.254 e. The molecule has 0 saturated carbocycles. The molecule has 12 heteroatoms. The molecule has 9 nitrogen and oxygen atoms in total. The molecule has 1 aromatic heterocycles. The van der Waals surface area contributed by atoms with Crippen LogP contribution in [-0.2, 0) is 21.2 Å². The monoisotopic (exact) mass is 624 g/mol. The number of pyridine rings is 1. The van der Waals surface area contributed by atoms with E-state index in [0.29, 0.717) is 19.8 Å². The molecule has 4 rings (SSSR count). The number of methoxy groups -OCH3 is 1. The molecule has 0 bridgehead atoms. The Morgan fingerprint density at radius 1 is 1.09 bits per heavy atom. The topological polar surface area (TPSA) is 123 Å². The zero-order valence-electron chi connectivity index (χ0n) is 18.7. The minimum absolute atomic E-state index is 0.0697. The number of para-hydroxylation sites is 1. The van der Waals surface area contributed by atoms with Crippen molar-refractivity contribution in [2.45, 2.75) is 11.3 Å². The Kier molecular flexibility index (Phi) is 7.46. The zero-order valence-corrected chi connectivity index (χ0v) is 22.7. The largest absolute Gasteiger partial charge is 0.495 e. The second-order valence-corrected chi connectivity index (χ2v) is 11.6. The Labute approximate surface area is 219 Å². The summed E-state index contributed by atoms with van der Waals surface area (Å²) in [4.78, 5) is 31.6. The van der Waals surface area contributed by atoms with Gasteiger partial charge < -0.3 is 15.4 Å². The van der Waals surface area contributed by atoms with Crippen LogP contribution >= 0.6 is 31.9 Å². The summed E-state index contributed by atoms with van der Waals surface area (Å²) in [7, 11) is -2.31. The molecular weight excluding hydrogens is 604 g/mol. The highest BCUT2D eigenvalue weighted by Crippen LogP contribution is 2.32. The minimum atomic E-state index is -3.75. The molecule has 2 amide bonds. The van der Waals surface area contributed by atoms with Gasteiger partial charge in [-0.3, -0.25) is 14.6 Å². The third-order valence-electron chi connectivity index (χ3n) is 5.79. The van der Waals surface area contributed by atoms with Gasteiger partial charge in [-0.05, 0) is 46.3 Å². The van der Waals surface area contributed by atoms with Crippen molar-refractivity contribution in [3.8, 4) is 5.75 Å². The molecule has 1 aliphatic rings. The standard InChI is InChI=1S/C23H22Br2N4O5S/c1-34-22-15-4-2-3-5-17(15)27-18(21(22)23(26)31)13-20(30)28-8-10-29(11-9-28)35(32,33)19-12-14(24)6-7-16(19)25/h2-7,12H,8-11,13H2,1H3,(H2,26,31). The molecular formula is C23H22Br2N4O5S. The highest BCUT2D eigenvalue weighted by atomic mass is 79.9. The number of carbonyl (C=O) groups is 2. The summed E-state index contributed by atoms with van der Waals surface area (Å²) in [5.41, 5.74) is 6.49. The van der Waals surface area contributed by atoms with E-state index >= 15 is 0 Å². The molecule has 0 unspecified atom stereocenters. The van der Waals surface area contributed by atoms with Crippen LogP contribution in [0.1, 0.15) is 16.1 Å². The van der Waals surface area contributed by atoms with Gasteiger partial charge in [-0.25, -0.2) is 8.42 Å². The lowest BCUT2D eigenvalue weighted by Crippen LogP contribution is -2.51. The molecule has 3 aromatic rings. The number of sulfonamides is 1. The number of benzene rings is 2. The number of carbonyl (C=O) groups excluding carboxylic acids is 2. The van der Waals surface area contributed by atoms with Gasteiger partial charge in [0.1, 0.15) is 11.3 Å². The molecule has 0 aliphatic carbocycles. The lowest BCUT2D eigenvalue weighted by atomic mass is 10.0. The SMILES string of the molecule is COc1c(C(N)=O)c(CC(=O)N2CCN(S(=O)(=O)c3cc(Br)ccc3Br)CC2)nc2ccccc12. The number of nitrogens with zero attached hydrogens (tertiary/aromatic N) is 3. The molecule has 1 fully saturated rings. The minimum Gasteiger partial charge on any atom is -0.495 e. The van der Waals surface area contributed by atoms with Crippen LogP contribution in [0, 0.1) is 0 Å². The number of rotatable bonds is 6. The molecule has 0 spiro atoms. The maximum Gasteiger partial charge on any atom is 0.254 e. The fourth-order valence-electron chi connectivity index (χ4n) is 4.07. The third-order valence-corrected chi connectivity index (χ3v) is 9.18. The van der Waals surface area contributed by atoms with Gasteiger partial charge in [-0.2, -0.15) is 4.31 Å². The van der Waals surface area contributed by atoms with Crippen LogP contribution in [0.15, 0.2) is 56.3 Å². The summed E-state index contributed by atoms with van der Waals surface area (Å²) in [6.07, 6.45) is -0.163. The fraction of sp³-hybridized carbons (Fsp3) is 0.261. The number of hydrogen-bond donors (Lipinski definition) is 1. The van der Waals surface area contributed by atoms with E-state index < -0.39 is 15.9 Å². The third kappa shape index (κ3) is 5.06. The summed E-state index contributed by atoms with van der Waals surface area (Å²) in [6.45, 7) is 0.703. The van der Waals surface area contributed by atoms with Crippen LogP contribution < -0.4 is 10.5 Å². The molecule has 2 N–H and O–H groups in total. The van der Waals surface area contributed by atoms with E-state index in [1.54, 1.807) is 47.4 Å². The van der Waals surface area contributed by atoms with Gasteiger partial charge in [0.2, 0.25) is 15.9 Å². The van der Waals surface area contributed by atoms with E-state index in [1.165, 1.54) is 11.4 Å². The first-order valence-electron chi connectivity index (χ1n) is 10.6. The molecule has 184 valence electrons. The number of aromatic nitrogens is 1. The predicted molar refractivity (Wildman–Crippen MR) is 138 cm³/mol. The number of ether oxygens (including phenoxy) is 1. The molecule has 2 heterocycles. The molecule has 1 saturated heterocycles. The first kappa shape index (κ1) is 25.5. The number of nitrogens with two attached hydrogens (primary N) is 1. The van der Waals surface area contributed by atoms with Gasteiger partial charge in [0, 0.05) is 40.5 Å². The Morgan fingerprint density at radius 3 is 2.43 bits per heavy atom. The highest BCUT2D eigenvalue weighted by Gasteiger charge is 2.32. The van der Waals surface area contributed by atoms with Crippen LogP contribution in [-0.4, -0.2) is 67.7 Å². The van der Waals surface area contributed by atoms with Gasteiger partial charge in [0.25, 0.3) is 5.91 Å². The van der Waals surface area contributed by atoms with E-state index in [-0.39, 0.29) is 60.4 Å². The predicted octanol–water partition coefficient (Wildman–Crippen LogP) is 2.94. The van der Waals surface area contributed by atoms with Crippen LogP contribution in [0.3, 0.4) is 0 Å². The highest BCUT2D eigenvalue weighted by molar-refractivity contribution is 9.11. The van der Waals surface area contributed by atoms with Crippen molar-refractivity contribution >= 4 is 64.6 Å². The number of hydrogen-bond acceptors (Lipinski definition) is 6. The first-order valence-corrected chi connectivity index (χ1v) is 13.6. The van der Waals surface area contributed by atoms with Crippen molar-refractivity contribution in [2.24, 2.45) is 5.73 Å². The van der Waals surface area contributed by atoms with Crippen molar-refractivity contribution in [1.29, 1.82) is 0 Å². The quantitative estimate of drug-likeness (QED) is 0.449. The lowest BCUT2D eigenvalue weighted by Gasteiger charge is -2.34. The van der Waals surface area contributed by atoms with Crippen molar-refractivity contribution in [2.75, 3.05) is 33.3 Å².